The highest BCUT2D eigenvalue weighted by Crippen LogP contribution is 2.38. The molecule has 0 amide bonds. The first-order valence-corrected chi connectivity index (χ1v) is 5.51. The molecular formula is C13H14F3NO. The summed E-state index contributed by atoms with van der Waals surface area (Å²) in [6.45, 7) is 3.23. The van der Waals surface area contributed by atoms with Crippen LogP contribution in [0, 0.1) is 16.7 Å². The van der Waals surface area contributed by atoms with Gasteiger partial charge in [0.15, 0.2) is 0 Å². The fourth-order valence-corrected chi connectivity index (χ4v) is 1.59. The Hall–Kier alpha value is -1.54. The van der Waals surface area contributed by atoms with Gasteiger partial charge in [0.05, 0.1) is 23.2 Å². The molecule has 0 aliphatic heterocycles. The smallest absolute Gasteiger partial charge is 0.387 e. The highest BCUT2D eigenvalue weighted by Gasteiger charge is 2.35. The molecule has 1 N–H and O–H groups in total. The van der Waals surface area contributed by atoms with Crippen LogP contribution in [0.3, 0.4) is 0 Å². The molecule has 98 valence electrons. The van der Waals surface area contributed by atoms with Crippen LogP contribution in [0.4, 0.5) is 13.2 Å². The average molecular weight is 257 g/mol. The number of rotatable bonds is 3. The normalized spacial score (nSPS) is 16.7. The lowest BCUT2D eigenvalue weighted by Gasteiger charge is -2.26. The van der Waals surface area contributed by atoms with Gasteiger partial charge >= 0.3 is 6.18 Å². The number of hydrogen-bond donors (Lipinski definition) is 1. The molecule has 0 bridgehead atoms. The van der Waals surface area contributed by atoms with E-state index in [1.807, 2.05) is 6.07 Å². The van der Waals surface area contributed by atoms with Crippen molar-refractivity contribution in [2.45, 2.75) is 32.5 Å². The van der Waals surface area contributed by atoms with Gasteiger partial charge in [-0.2, -0.15) is 18.4 Å². The average Bonchev–Trinajstić information content (AvgIpc) is 2.36. The standard InChI is InChI=1S/C13H14F3NO/c1-3-12(2,8-17)11(18)9-5-4-6-10(7-9)13(14,15)16/h4-7,11,18H,3H2,1-2H3. The maximum atomic E-state index is 12.5. The number of halogens is 3. The molecule has 2 nitrogen and oxygen atoms in total. The van der Waals surface area contributed by atoms with E-state index >= 15 is 0 Å². The van der Waals surface area contributed by atoms with Gasteiger partial charge in [0.2, 0.25) is 0 Å². The Morgan fingerprint density at radius 2 is 2.00 bits per heavy atom. The molecule has 5 heteroatoms. The van der Waals surface area contributed by atoms with Crippen molar-refractivity contribution < 1.29 is 18.3 Å². The third kappa shape index (κ3) is 2.82. The van der Waals surface area contributed by atoms with Gasteiger partial charge < -0.3 is 5.11 Å². The second-order valence-corrected chi connectivity index (χ2v) is 4.41. The maximum absolute atomic E-state index is 12.5. The predicted molar refractivity (Wildman–Crippen MR) is 60.4 cm³/mol. The van der Waals surface area contributed by atoms with Crippen molar-refractivity contribution in [3.8, 4) is 6.07 Å². The van der Waals surface area contributed by atoms with E-state index in [0.29, 0.717) is 6.42 Å². The van der Waals surface area contributed by atoms with Crippen LogP contribution in [0.1, 0.15) is 37.5 Å². The van der Waals surface area contributed by atoms with Crippen molar-refractivity contribution >= 4 is 0 Å². The summed E-state index contributed by atoms with van der Waals surface area (Å²) in [7, 11) is 0. The third-order valence-electron chi connectivity index (χ3n) is 3.12. The molecular weight excluding hydrogens is 243 g/mol. The first-order chi connectivity index (χ1) is 8.24. The molecule has 2 atom stereocenters. The Morgan fingerprint density at radius 3 is 2.44 bits per heavy atom. The molecule has 0 saturated heterocycles. The maximum Gasteiger partial charge on any atom is 0.416 e. The lowest BCUT2D eigenvalue weighted by molar-refractivity contribution is -0.137. The van der Waals surface area contributed by atoms with E-state index in [9.17, 15) is 18.3 Å². The van der Waals surface area contributed by atoms with E-state index in [2.05, 4.69) is 0 Å². The minimum atomic E-state index is -4.45. The first kappa shape index (κ1) is 14.5. The van der Waals surface area contributed by atoms with Crippen molar-refractivity contribution in [1.82, 2.24) is 0 Å². The lowest BCUT2D eigenvalue weighted by Crippen LogP contribution is -2.23. The number of nitrogens with zero attached hydrogens (tertiary/aromatic N) is 1. The van der Waals surface area contributed by atoms with E-state index in [1.165, 1.54) is 19.1 Å². The van der Waals surface area contributed by atoms with Gasteiger partial charge in [0.25, 0.3) is 0 Å². The molecule has 0 radical (unpaired) electrons. The highest BCUT2D eigenvalue weighted by atomic mass is 19.4. The topological polar surface area (TPSA) is 44.0 Å². The van der Waals surface area contributed by atoms with Crippen molar-refractivity contribution in [1.29, 1.82) is 5.26 Å². The fraction of sp³-hybridized carbons (Fsp3) is 0.462. The zero-order valence-electron chi connectivity index (χ0n) is 10.1. The molecule has 1 aromatic carbocycles. The van der Waals surface area contributed by atoms with E-state index in [-0.39, 0.29) is 5.56 Å². The van der Waals surface area contributed by atoms with Crippen LogP contribution < -0.4 is 0 Å². The Balaban J connectivity index is 3.16. The summed E-state index contributed by atoms with van der Waals surface area (Å²) in [5, 5.41) is 19.1. The summed E-state index contributed by atoms with van der Waals surface area (Å²) in [5.74, 6) is 0. The Morgan fingerprint density at radius 1 is 1.39 bits per heavy atom. The van der Waals surface area contributed by atoms with E-state index < -0.39 is 23.3 Å². The summed E-state index contributed by atoms with van der Waals surface area (Å²) in [4.78, 5) is 0. The molecule has 0 aliphatic carbocycles. The summed E-state index contributed by atoms with van der Waals surface area (Å²) < 4.78 is 37.6. The van der Waals surface area contributed by atoms with Crippen LogP contribution in [-0.4, -0.2) is 5.11 Å². The molecule has 18 heavy (non-hydrogen) atoms. The molecule has 2 unspecified atom stereocenters. The molecule has 1 aromatic rings. The van der Waals surface area contributed by atoms with E-state index in [1.54, 1.807) is 6.92 Å². The number of aliphatic hydroxyl groups is 1. The van der Waals surface area contributed by atoms with Crippen molar-refractivity contribution in [3.63, 3.8) is 0 Å². The van der Waals surface area contributed by atoms with Crippen LogP contribution in [0.15, 0.2) is 24.3 Å². The summed E-state index contributed by atoms with van der Waals surface area (Å²) in [6, 6.07) is 6.40. The quantitative estimate of drug-likeness (QED) is 0.897. The van der Waals surface area contributed by atoms with Crippen LogP contribution in [0.25, 0.3) is 0 Å². The Labute approximate surface area is 104 Å². The highest BCUT2D eigenvalue weighted by molar-refractivity contribution is 5.29. The SMILES string of the molecule is CCC(C)(C#N)C(O)c1cccc(C(F)(F)F)c1. The number of nitriles is 1. The van der Waals surface area contributed by atoms with Crippen molar-refractivity contribution in [3.05, 3.63) is 35.4 Å². The number of aliphatic hydroxyl groups excluding tert-OH is 1. The fourth-order valence-electron chi connectivity index (χ4n) is 1.59. The molecule has 0 saturated carbocycles. The number of alkyl halides is 3. The summed E-state index contributed by atoms with van der Waals surface area (Å²) in [5.41, 5.74) is -1.81. The molecule has 1 rings (SSSR count). The lowest BCUT2D eigenvalue weighted by atomic mass is 9.79. The van der Waals surface area contributed by atoms with Crippen LogP contribution >= 0.6 is 0 Å². The minimum absolute atomic E-state index is 0.107. The van der Waals surface area contributed by atoms with Gasteiger partial charge in [-0.25, -0.2) is 0 Å². The second kappa shape index (κ2) is 4.99. The first-order valence-electron chi connectivity index (χ1n) is 5.51. The predicted octanol–water partition coefficient (Wildman–Crippen LogP) is 3.68. The van der Waals surface area contributed by atoms with Gasteiger partial charge in [0, 0.05) is 0 Å². The van der Waals surface area contributed by atoms with E-state index in [4.69, 9.17) is 5.26 Å². The molecule has 0 spiro atoms. The molecule has 0 heterocycles. The Kier molecular flexibility index (Phi) is 4.02. The summed E-state index contributed by atoms with van der Waals surface area (Å²) in [6.07, 6.45) is -5.35. The van der Waals surface area contributed by atoms with Gasteiger partial charge in [-0.05, 0) is 31.0 Å². The number of benzene rings is 1. The van der Waals surface area contributed by atoms with Crippen LogP contribution in [0.2, 0.25) is 0 Å². The van der Waals surface area contributed by atoms with Crippen molar-refractivity contribution in [2.24, 2.45) is 5.41 Å². The monoisotopic (exact) mass is 257 g/mol. The third-order valence-corrected chi connectivity index (χ3v) is 3.12. The second-order valence-electron chi connectivity index (χ2n) is 4.41. The zero-order chi connectivity index (χ0) is 14.0. The van der Waals surface area contributed by atoms with Gasteiger partial charge in [0.1, 0.15) is 0 Å². The summed E-state index contributed by atoms with van der Waals surface area (Å²) >= 11 is 0. The van der Waals surface area contributed by atoms with Crippen molar-refractivity contribution in [2.75, 3.05) is 0 Å². The molecule has 0 aromatic heterocycles. The van der Waals surface area contributed by atoms with Crippen LogP contribution in [-0.2, 0) is 6.18 Å². The molecule has 0 fully saturated rings. The minimum Gasteiger partial charge on any atom is -0.387 e. The number of hydrogen-bond acceptors (Lipinski definition) is 2. The van der Waals surface area contributed by atoms with Gasteiger partial charge in [-0.15, -0.1) is 0 Å². The zero-order valence-corrected chi connectivity index (χ0v) is 10.1. The Bertz CT molecular complexity index is 464. The van der Waals surface area contributed by atoms with Gasteiger partial charge in [-0.3, -0.25) is 0 Å². The molecule has 0 aliphatic rings. The van der Waals surface area contributed by atoms with Crippen LogP contribution in [0.5, 0.6) is 0 Å². The van der Waals surface area contributed by atoms with Gasteiger partial charge in [-0.1, -0.05) is 19.1 Å². The largest absolute Gasteiger partial charge is 0.416 e. The van der Waals surface area contributed by atoms with E-state index in [0.717, 1.165) is 12.1 Å².